The van der Waals surface area contributed by atoms with Crippen LogP contribution in [0.2, 0.25) is 0 Å². The molecule has 2 saturated heterocycles. The third-order valence-corrected chi connectivity index (χ3v) is 9.13. The van der Waals surface area contributed by atoms with Gasteiger partial charge < -0.3 is 19.3 Å². The highest BCUT2D eigenvalue weighted by Gasteiger charge is 2.77. The lowest BCUT2D eigenvalue weighted by Gasteiger charge is -2.36. The van der Waals surface area contributed by atoms with Crippen LogP contribution in [0.15, 0.2) is 29.3 Å². The lowest BCUT2D eigenvalue weighted by Crippen LogP contribution is -2.45. The molecule has 1 saturated carbocycles. The number of anilines is 1. The van der Waals surface area contributed by atoms with Gasteiger partial charge in [0.05, 0.1) is 35.4 Å². The van der Waals surface area contributed by atoms with Gasteiger partial charge in [0.25, 0.3) is 0 Å². The Hall–Kier alpha value is -3.53. The Morgan fingerprint density at radius 1 is 1.07 bits per heavy atom. The van der Waals surface area contributed by atoms with Crippen LogP contribution >= 0.6 is 0 Å². The number of imidazole rings is 1. The van der Waals surface area contributed by atoms with Crippen molar-refractivity contribution in [3.63, 3.8) is 0 Å². The molecule has 0 N–H and O–H groups in total. The minimum absolute atomic E-state index is 0.182. The van der Waals surface area contributed by atoms with Gasteiger partial charge in [0, 0.05) is 43.2 Å². The van der Waals surface area contributed by atoms with E-state index in [0.29, 0.717) is 32.3 Å². The normalized spacial score (nSPS) is 25.5. The molecule has 0 bridgehead atoms. The van der Waals surface area contributed by atoms with Crippen molar-refractivity contribution in [2.45, 2.75) is 71.3 Å². The summed E-state index contributed by atoms with van der Waals surface area (Å²) in [5.74, 6) is 2.60. The van der Waals surface area contributed by atoms with Gasteiger partial charge in [-0.2, -0.15) is 4.98 Å². The van der Waals surface area contributed by atoms with Crippen molar-refractivity contribution in [3.05, 3.63) is 35.8 Å². The largest absolute Gasteiger partial charge is 0.444 e. The monoisotopic (exact) mass is 557 g/mol. The van der Waals surface area contributed by atoms with Gasteiger partial charge in [0.15, 0.2) is 5.82 Å². The number of amides is 1. The number of hydrogen-bond donors (Lipinski definition) is 0. The molecule has 2 unspecified atom stereocenters. The average molecular weight is 558 g/mol. The molecule has 5 heterocycles. The molecular weight excluding hydrogens is 518 g/mol. The van der Waals surface area contributed by atoms with Gasteiger partial charge in [-0.3, -0.25) is 9.56 Å². The molecule has 4 aliphatic rings. The van der Waals surface area contributed by atoms with Gasteiger partial charge in [-0.25, -0.2) is 14.8 Å². The maximum atomic E-state index is 13.1. The van der Waals surface area contributed by atoms with Crippen LogP contribution in [0.1, 0.15) is 71.8 Å². The summed E-state index contributed by atoms with van der Waals surface area (Å²) < 4.78 is 13.6. The first-order valence-corrected chi connectivity index (χ1v) is 14.8. The molecule has 216 valence electrons. The van der Waals surface area contributed by atoms with Crippen LogP contribution in [0.25, 0.3) is 17.0 Å². The summed E-state index contributed by atoms with van der Waals surface area (Å²) in [6, 6.07) is 8.18. The molecule has 0 radical (unpaired) electrons. The zero-order chi connectivity index (χ0) is 28.7. The standard InChI is InChI=1S/C31H39N7O3/c1-19(2)24-32-20-10-7-8-11-21(20)38(24)27-34-23-22(25(35-27)36-14-16-40-17-15-36)33-26-30(23,6)31(26)12-9-13-37(18-31)28(39)41-29(3,4)5/h7-8,10-11,19H,9,12-18H2,1-6H3. The van der Waals surface area contributed by atoms with E-state index in [0.717, 1.165) is 65.7 Å². The number of aliphatic imine (C=N–C) groups is 1. The molecule has 1 spiro atoms. The van der Waals surface area contributed by atoms with Gasteiger partial charge in [0.2, 0.25) is 5.95 Å². The SMILES string of the molecule is CC(C)c1nc2ccccc2n1-c1nc(N2CCOCC2)c2c(n1)C1(C)C(=N2)C12CCCN(C(=O)OC(C)(C)C)C2. The molecule has 1 aromatic carbocycles. The molecule has 2 aromatic heterocycles. The number of benzene rings is 1. The fourth-order valence-electron chi connectivity index (χ4n) is 7.07. The van der Waals surface area contributed by atoms with E-state index >= 15 is 0 Å². The lowest BCUT2D eigenvalue weighted by atomic mass is 9.83. The number of aromatic nitrogens is 4. The van der Waals surface area contributed by atoms with Crippen LogP contribution in [0.3, 0.4) is 0 Å². The third kappa shape index (κ3) is 3.90. The van der Waals surface area contributed by atoms with Gasteiger partial charge in [0.1, 0.15) is 17.1 Å². The Labute approximate surface area is 240 Å². The summed E-state index contributed by atoms with van der Waals surface area (Å²) in [6.45, 7) is 16.4. The van der Waals surface area contributed by atoms with E-state index in [2.05, 4.69) is 36.3 Å². The van der Waals surface area contributed by atoms with E-state index in [-0.39, 0.29) is 22.8 Å². The van der Waals surface area contributed by atoms with E-state index in [4.69, 9.17) is 29.4 Å². The molecule has 41 heavy (non-hydrogen) atoms. The van der Waals surface area contributed by atoms with Crippen molar-refractivity contribution >= 4 is 34.3 Å². The van der Waals surface area contributed by atoms with Crippen molar-refractivity contribution in [1.82, 2.24) is 24.4 Å². The van der Waals surface area contributed by atoms with Crippen LogP contribution in [-0.2, 0) is 14.9 Å². The second kappa shape index (κ2) is 8.98. The van der Waals surface area contributed by atoms with Crippen LogP contribution in [0, 0.1) is 5.41 Å². The summed E-state index contributed by atoms with van der Waals surface area (Å²) in [7, 11) is 0. The molecule has 1 aliphatic carbocycles. The predicted octanol–water partition coefficient (Wildman–Crippen LogP) is 5.15. The molecule has 7 rings (SSSR count). The van der Waals surface area contributed by atoms with Gasteiger partial charge >= 0.3 is 6.09 Å². The Balaban J connectivity index is 1.35. The van der Waals surface area contributed by atoms with Crippen molar-refractivity contribution in [1.29, 1.82) is 0 Å². The second-order valence-electron chi connectivity index (χ2n) is 13.3. The van der Waals surface area contributed by atoms with E-state index in [1.165, 1.54) is 0 Å². The van der Waals surface area contributed by atoms with Crippen LogP contribution in [0.4, 0.5) is 16.3 Å². The number of rotatable bonds is 3. The summed E-state index contributed by atoms with van der Waals surface area (Å²) in [6.07, 6.45) is 1.62. The van der Waals surface area contributed by atoms with Crippen molar-refractivity contribution < 1.29 is 14.3 Å². The fourth-order valence-corrected chi connectivity index (χ4v) is 7.07. The highest BCUT2D eigenvalue weighted by Crippen LogP contribution is 2.70. The number of likely N-dealkylation sites (tertiary alicyclic amines) is 1. The molecule has 10 heteroatoms. The maximum absolute atomic E-state index is 13.1. The van der Waals surface area contributed by atoms with E-state index in [1.807, 2.05) is 43.9 Å². The van der Waals surface area contributed by atoms with Crippen LogP contribution < -0.4 is 4.90 Å². The number of piperidine rings is 1. The Morgan fingerprint density at radius 2 is 1.83 bits per heavy atom. The Bertz CT molecular complexity index is 1580. The lowest BCUT2D eigenvalue weighted by molar-refractivity contribution is 0.0144. The molecule has 3 fully saturated rings. The molecule has 10 nitrogen and oxygen atoms in total. The minimum atomic E-state index is -0.536. The summed E-state index contributed by atoms with van der Waals surface area (Å²) in [5.41, 5.74) is 3.73. The zero-order valence-electron chi connectivity index (χ0n) is 24.9. The topological polar surface area (TPSA) is 98.0 Å². The van der Waals surface area contributed by atoms with E-state index < -0.39 is 5.60 Å². The molecule has 3 aliphatic heterocycles. The predicted molar refractivity (Wildman–Crippen MR) is 158 cm³/mol. The van der Waals surface area contributed by atoms with Crippen LogP contribution in [-0.4, -0.2) is 81.2 Å². The number of fused-ring (bicyclic) bond motifs is 6. The average Bonchev–Trinajstić information content (AvgIpc) is 3.24. The smallest absolute Gasteiger partial charge is 0.410 e. The van der Waals surface area contributed by atoms with Crippen molar-refractivity contribution in [3.8, 4) is 5.95 Å². The number of para-hydroxylation sites is 2. The summed E-state index contributed by atoms with van der Waals surface area (Å²) in [4.78, 5) is 38.0. The third-order valence-electron chi connectivity index (χ3n) is 9.13. The van der Waals surface area contributed by atoms with Crippen molar-refractivity contribution in [2.24, 2.45) is 10.4 Å². The summed E-state index contributed by atoms with van der Waals surface area (Å²) in [5, 5.41) is 0. The molecule has 1 amide bonds. The molecule has 3 aromatic rings. The first-order valence-electron chi connectivity index (χ1n) is 14.8. The number of nitrogens with zero attached hydrogens (tertiary/aromatic N) is 7. The van der Waals surface area contributed by atoms with E-state index in [9.17, 15) is 4.79 Å². The molecule has 2 atom stereocenters. The van der Waals surface area contributed by atoms with Gasteiger partial charge in [-0.1, -0.05) is 26.0 Å². The highest BCUT2D eigenvalue weighted by molar-refractivity contribution is 6.22. The molecular formula is C31H39N7O3. The number of carbonyl (C=O) groups excluding carboxylic acids is 1. The second-order valence-corrected chi connectivity index (χ2v) is 13.3. The van der Waals surface area contributed by atoms with Gasteiger partial charge in [-0.15, -0.1) is 0 Å². The quantitative estimate of drug-likeness (QED) is 0.439. The first-order chi connectivity index (χ1) is 19.5. The van der Waals surface area contributed by atoms with E-state index in [1.54, 1.807) is 0 Å². The number of carbonyl (C=O) groups is 1. The van der Waals surface area contributed by atoms with Gasteiger partial charge in [-0.05, 0) is 52.7 Å². The summed E-state index contributed by atoms with van der Waals surface area (Å²) >= 11 is 0. The Morgan fingerprint density at radius 3 is 2.56 bits per heavy atom. The highest BCUT2D eigenvalue weighted by atomic mass is 16.6. The van der Waals surface area contributed by atoms with Crippen molar-refractivity contribution in [2.75, 3.05) is 44.3 Å². The first kappa shape index (κ1) is 26.4. The van der Waals surface area contributed by atoms with Crippen LogP contribution in [0.5, 0.6) is 0 Å². The number of morpholine rings is 1. The Kier molecular flexibility index (Phi) is 5.78. The maximum Gasteiger partial charge on any atom is 0.410 e. The zero-order valence-corrected chi connectivity index (χ0v) is 24.9. The number of hydrogen-bond acceptors (Lipinski definition) is 8. The number of ether oxygens (including phenoxy) is 2. The minimum Gasteiger partial charge on any atom is -0.444 e. The fraction of sp³-hybridized carbons (Fsp3) is 0.581.